The highest BCUT2D eigenvalue weighted by molar-refractivity contribution is 5.89. The number of carbonyl (C=O) groups is 1. The van der Waals surface area contributed by atoms with E-state index in [0.717, 1.165) is 0 Å². The molecule has 1 aliphatic heterocycles. The minimum Gasteiger partial charge on any atom is -0.460 e. The molecule has 0 amide bonds. The highest BCUT2D eigenvalue weighted by Gasteiger charge is 2.40. The molecule has 0 atom stereocenters. The van der Waals surface area contributed by atoms with Crippen molar-refractivity contribution in [1.29, 1.82) is 5.26 Å². The van der Waals surface area contributed by atoms with Gasteiger partial charge in [0.2, 0.25) is 0 Å². The van der Waals surface area contributed by atoms with Gasteiger partial charge < -0.3 is 9.47 Å². The number of rotatable bonds is 3. The van der Waals surface area contributed by atoms with E-state index in [-0.39, 0.29) is 6.61 Å². The molecule has 82 valence electrons. The fourth-order valence-electron chi connectivity index (χ4n) is 1.39. The van der Waals surface area contributed by atoms with Crippen molar-refractivity contribution in [3.8, 4) is 6.07 Å². The highest BCUT2D eigenvalue weighted by atomic mass is 16.5. The van der Waals surface area contributed by atoms with Crippen LogP contribution in [0, 0.1) is 16.7 Å². The van der Waals surface area contributed by atoms with Crippen molar-refractivity contribution in [3.63, 3.8) is 0 Å². The summed E-state index contributed by atoms with van der Waals surface area (Å²) in [5.74, 6) is -0.401. The monoisotopic (exact) mass is 217 g/mol. The van der Waals surface area contributed by atoms with Crippen LogP contribution in [0.3, 0.4) is 0 Å². The van der Waals surface area contributed by atoms with Gasteiger partial charge in [-0.05, 0) is 12.1 Å². The Labute approximate surface area is 93.4 Å². The summed E-state index contributed by atoms with van der Waals surface area (Å²) < 4.78 is 10.0. The van der Waals surface area contributed by atoms with Gasteiger partial charge in [0.25, 0.3) is 0 Å². The quantitative estimate of drug-likeness (QED) is 0.718. The molecule has 1 heterocycles. The van der Waals surface area contributed by atoms with E-state index >= 15 is 0 Å². The zero-order valence-electron chi connectivity index (χ0n) is 8.68. The van der Waals surface area contributed by atoms with Gasteiger partial charge in [-0.25, -0.2) is 4.79 Å². The molecule has 4 nitrogen and oxygen atoms in total. The fraction of sp³-hybridized carbons (Fsp3) is 0.333. The van der Waals surface area contributed by atoms with Gasteiger partial charge in [-0.1, -0.05) is 18.2 Å². The van der Waals surface area contributed by atoms with Crippen LogP contribution in [0.4, 0.5) is 0 Å². The van der Waals surface area contributed by atoms with Gasteiger partial charge in [0.1, 0.15) is 12.0 Å². The van der Waals surface area contributed by atoms with Gasteiger partial charge in [-0.2, -0.15) is 5.26 Å². The largest absolute Gasteiger partial charge is 0.460 e. The van der Waals surface area contributed by atoms with Crippen LogP contribution in [0.2, 0.25) is 0 Å². The molecule has 0 aliphatic carbocycles. The van der Waals surface area contributed by atoms with Crippen molar-refractivity contribution in [2.75, 3.05) is 19.8 Å². The molecule has 0 saturated carbocycles. The molecule has 0 unspecified atom stereocenters. The van der Waals surface area contributed by atoms with Crippen LogP contribution in [-0.2, 0) is 9.47 Å². The first-order chi connectivity index (χ1) is 7.76. The number of nitriles is 1. The summed E-state index contributed by atoms with van der Waals surface area (Å²) in [6.45, 7) is 0.772. The Balaban J connectivity index is 1.92. The molecule has 16 heavy (non-hydrogen) atoms. The molecule has 0 aromatic heterocycles. The predicted octanol–water partition coefficient (Wildman–Crippen LogP) is 1.38. The molecule has 1 aromatic rings. The molecule has 0 bridgehead atoms. The summed E-state index contributed by atoms with van der Waals surface area (Å²) in [7, 11) is 0. The molecule has 1 fully saturated rings. The Morgan fingerprint density at radius 1 is 1.44 bits per heavy atom. The maximum Gasteiger partial charge on any atom is 0.338 e. The Morgan fingerprint density at radius 2 is 2.12 bits per heavy atom. The van der Waals surface area contributed by atoms with Crippen LogP contribution in [0.15, 0.2) is 30.3 Å². The summed E-state index contributed by atoms with van der Waals surface area (Å²) in [4.78, 5) is 11.6. The molecule has 0 spiro atoms. The van der Waals surface area contributed by atoms with Crippen LogP contribution in [-0.4, -0.2) is 25.8 Å². The first-order valence-electron chi connectivity index (χ1n) is 4.97. The Bertz CT molecular complexity index is 418. The molecule has 1 aromatic carbocycles. The second-order valence-corrected chi connectivity index (χ2v) is 3.83. The number of hydrogen-bond donors (Lipinski definition) is 0. The molecular weight excluding hydrogens is 206 g/mol. The molecule has 2 rings (SSSR count). The van der Waals surface area contributed by atoms with E-state index in [2.05, 4.69) is 6.07 Å². The lowest BCUT2D eigenvalue weighted by Gasteiger charge is -2.33. The van der Waals surface area contributed by atoms with E-state index < -0.39 is 11.4 Å². The van der Waals surface area contributed by atoms with Gasteiger partial charge in [0.05, 0.1) is 24.8 Å². The average molecular weight is 217 g/mol. The molecule has 0 N–H and O–H groups in total. The lowest BCUT2D eigenvalue weighted by atomic mass is 9.89. The molecule has 1 saturated heterocycles. The second-order valence-electron chi connectivity index (χ2n) is 3.83. The smallest absolute Gasteiger partial charge is 0.338 e. The summed E-state index contributed by atoms with van der Waals surface area (Å²) in [5, 5.41) is 8.90. The van der Waals surface area contributed by atoms with E-state index in [4.69, 9.17) is 14.7 Å². The zero-order chi connectivity index (χ0) is 11.4. The van der Waals surface area contributed by atoms with E-state index in [0.29, 0.717) is 18.8 Å². The highest BCUT2D eigenvalue weighted by Crippen LogP contribution is 2.26. The molecular formula is C12H11NO3. The average Bonchev–Trinajstić information content (AvgIpc) is 2.29. The van der Waals surface area contributed by atoms with Gasteiger partial charge in [0, 0.05) is 0 Å². The number of carbonyl (C=O) groups excluding carboxylic acids is 1. The fourth-order valence-corrected chi connectivity index (χ4v) is 1.39. The van der Waals surface area contributed by atoms with Gasteiger partial charge in [-0.15, -0.1) is 0 Å². The number of hydrogen-bond acceptors (Lipinski definition) is 4. The van der Waals surface area contributed by atoms with Gasteiger partial charge >= 0.3 is 5.97 Å². The van der Waals surface area contributed by atoms with E-state index in [1.165, 1.54) is 0 Å². The van der Waals surface area contributed by atoms with Crippen molar-refractivity contribution in [2.24, 2.45) is 5.41 Å². The first-order valence-corrected chi connectivity index (χ1v) is 4.97. The third-order valence-electron chi connectivity index (χ3n) is 2.48. The maximum absolute atomic E-state index is 11.6. The third kappa shape index (κ3) is 2.05. The minimum atomic E-state index is -0.634. The topological polar surface area (TPSA) is 59.3 Å². The van der Waals surface area contributed by atoms with Crippen molar-refractivity contribution in [2.45, 2.75) is 0 Å². The van der Waals surface area contributed by atoms with Crippen LogP contribution in [0.1, 0.15) is 10.4 Å². The van der Waals surface area contributed by atoms with Crippen LogP contribution in [0.5, 0.6) is 0 Å². The summed E-state index contributed by atoms with van der Waals surface area (Å²) in [6.07, 6.45) is 0. The van der Waals surface area contributed by atoms with Crippen LogP contribution >= 0.6 is 0 Å². The SMILES string of the molecule is N#CC1(COC(=O)c2ccccc2)COC1. The zero-order valence-corrected chi connectivity index (χ0v) is 8.68. The normalized spacial score (nSPS) is 16.9. The summed E-state index contributed by atoms with van der Waals surface area (Å²) >= 11 is 0. The van der Waals surface area contributed by atoms with Crippen molar-refractivity contribution in [1.82, 2.24) is 0 Å². The number of esters is 1. The van der Waals surface area contributed by atoms with Crippen molar-refractivity contribution < 1.29 is 14.3 Å². The maximum atomic E-state index is 11.6. The molecule has 0 radical (unpaired) electrons. The second kappa shape index (κ2) is 4.33. The Morgan fingerprint density at radius 3 is 2.62 bits per heavy atom. The van der Waals surface area contributed by atoms with Gasteiger partial charge in [0.15, 0.2) is 0 Å². The molecule has 4 heteroatoms. The minimum absolute atomic E-state index is 0.0945. The lowest BCUT2D eigenvalue weighted by Crippen LogP contribution is -2.45. The number of ether oxygens (including phenoxy) is 2. The van der Waals surface area contributed by atoms with E-state index in [1.807, 2.05) is 6.07 Å². The van der Waals surface area contributed by atoms with Gasteiger partial charge in [-0.3, -0.25) is 0 Å². The third-order valence-corrected chi connectivity index (χ3v) is 2.48. The van der Waals surface area contributed by atoms with Crippen LogP contribution in [0.25, 0.3) is 0 Å². The summed E-state index contributed by atoms with van der Waals surface area (Å²) in [6, 6.07) is 10.8. The standard InChI is InChI=1S/C12H11NO3/c13-6-12(7-15-8-12)9-16-11(14)10-4-2-1-3-5-10/h1-5H,7-9H2. The van der Waals surface area contributed by atoms with Crippen molar-refractivity contribution in [3.05, 3.63) is 35.9 Å². The number of nitrogens with zero attached hydrogens (tertiary/aromatic N) is 1. The Hall–Kier alpha value is -1.86. The predicted molar refractivity (Wildman–Crippen MR) is 55.6 cm³/mol. The lowest BCUT2D eigenvalue weighted by molar-refractivity contribution is -0.104. The first kappa shape index (κ1) is 10.7. The summed E-state index contributed by atoms with van der Waals surface area (Å²) in [5.41, 5.74) is -0.138. The van der Waals surface area contributed by atoms with Crippen LogP contribution < -0.4 is 0 Å². The number of benzene rings is 1. The molecule has 1 aliphatic rings. The van der Waals surface area contributed by atoms with E-state index in [1.54, 1.807) is 24.3 Å². The van der Waals surface area contributed by atoms with E-state index in [9.17, 15) is 4.79 Å². The van der Waals surface area contributed by atoms with Crippen molar-refractivity contribution >= 4 is 5.97 Å². The Kier molecular flexibility index (Phi) is 2.88.